The van der Waals surface area contributed by atoms with E-state index in [1.165, 1.54) is 0 Å². The van der Waals surface area contributed by atoms with E-state index in [4.69, 9.17) is 39.3 Å². The second-order valence-corrected chi connectivity index (χ2v) is 7.45. The molecule has 0 saturated heterocycles. The maximum absolute atomic E-state index is 9.81. The minimum absolute atomic E-state index is 0.115. The third kappa shape index (κ3) is 7.17. The summed E-state index contributed by atoms with van der Waals surface area (Å²) in [6.07, 6.45) is 0. The highest BCUT2D eigenvalue weighted by atomic mass is 35.6. The van der Waals surface area contributed by atoms with E-state index in [1.54, 1.807) is 0 Å². The molecule has 0 spiro atoms. The van der Waals surface area contributed by atoms with Crippen molar-refractivity contribution >= 4 is 43.3 Å². The molecule has 0 fully saturated rings. The van der Waals surface area contributed by atoms with E-state index in [2.05, 4.69) is 0 Å². The number of rotatable bonds is 5. The van der Waals surface area contributed by atoms with E-state index in [0.29, 0.717) is 0 Å². The first-order valence-electron chi connectivity index (χ1n) is 4.62. The fourth-order valence-electron chi connectivity index (χ4n) is 1.19. The number of alkyl halides is 3. The summed E-state index contributed by atoms with van der Waals surface area (Å²) < 4.78 is 5.50. The third-order valence-electron chi connectivity index (χ3n) is 1.60. The summed E-state index contributed by atoms with van der Waals surface area (Å²) in [4.78, 5) is 9.81. The molecule has 3 nitrogen and oxygen atoms in total. The lowest BCUT2D eigenvalue weighted by atomic mass is 10.3. The molecule has 0 aromatic heterocycles. The van der Waals surface area contributed by atoms with Gasteiger partial charge in [-0.1, -0.05) is 34.8 Å². The average molecular weight is 297 g/mol. The van der Waals surface area contributed by atoms with Crippen LogP contribution in [0.1, 0.15) is 27.7 Å². The van der Waals surface area contributed by atoms with Crippen molar-refractivity contribution in [3.63, 3.8) is 0 Å². The number of hydrogen-bond donors (Lipinski definition) is 1. The van der Waals surface area contributed by atoms with Crippen LogP contribution in [-0.2, 0) is 4.52 Å². The van der Waals surface area contributed by atoms with Crippen LogP contribution in [0.4, 0.5) is 0 Å². The van der Waals surface area contributed by atoms with Crippen LogP contribution in [0.5, 0.6) is 0 Å². The molecule has 1 atom stereocenters. The summed E-state index contributed by atoms with van der Waals surface area (Å²) in [5.74, 6) is 0. The normalized spacial score (nSPS) is 15.4. The second kappa shape index (κ2) is 6.80. The largest absolute Gasteiger partial charge is 0.338 e. The van der Waals surface area contributed by atoms with Crippen molar-refractivity contribution in [2.24, 2.45) is 0 Å². The molecule has 0 aliphatic carbocycles. The Morgan fingerprint density at radius 3 is 1.87 bits per heavy atom. The van der Waals surface area contributed by atoms with Gasteiger partial charge in [0.1, 0.15) is 6.61 Å². The van der Waals surface area contributed by atoms with E-state index in [-0.39, 0.29) is 18.7 Å². The molecular formula is C8H17Cl3NO2P. The minimum atomic E-state index is -1.71. The van der Waals surface area contributed by atoms with Gasteiger partial charge in [0.2, 0.25) is 3.79 Å². The van der Waals surface area contributed by atoms with Gasteiger partial charge < -0.3 is 9.42 Å². The Morgan fingerprint density at radius 1 is 1.20 bits per heavy atom. The molecule has 1 N–H and O–H groups in total. The lowest BCUT2D eigenvalue weighted by Gasteiger charge is -2.33. The van der Waals surface area contributed by atoms with E-state index in [9.17, 15) is 4.89 Å². The first-order valence-corrected chi connectivity index (χ1v) is 6.92. The fourth-order valence-corrected chi connectivity index (χ4v) is 2.81. The predicted molar refractivity (Wildman–Crippen MR) is 67.5 cm³/mol. The van der Waals surface area contributed by atoms with Gasteiger partial charge in [0.25, 0.3) is 8.53 Å². The number of hydrogen-bond acceptors (Lipinski definition) is 3. The van der Waals surface area contributed by atoms with Gasteiger partial charge in [0.05, 0.1) is 0 Å². The van der Waals surface area contributed by atoms with Gasteiger partial charge in [-0.2, -0.15) is 0 Å². The van der Waals surface area contributed by atoms with Crippen LogP contribution >= 0.6 is 43.3 Å². The highest BCUT2D eigenvalue weighted by Crippen LogP contribution is 2.42. The Morgan fingerprint density at radius 2 is 1.60 bits per heavy atom. The van der Waals surface area contributed by atoms with Crippen LogP contribution in [0, 0.1) is 0 Å². The van der Waals surface area contributed by atoms with Gasteiger partial charge in [-0.3, -0.25) is 0 Å². The van der Waals surface area contributed by atoms with Crippen LogP contribution < -0.4 is 0 Å². The van der Waals surface area contributed by atoms with Crippen LogP contribution in [0.25, 0.3) is 0 Å². The minimum Gasteiger partial charge on any atom is -0.338 e. The van der Waals surface area contributed by atoms with Gasteiger partial charge in [-0.05, 0) is 27.7 Å². The molecule has 0 radical (unpaired) electrons. The van der Waals surface area contributed by atoms with Gasteiger partial charge in [0, 0.05) is 12.1 Å². The molecule has 92 valence electrons. The van der Waals surface area contributed by atoms with E-state index >= 15 is 0 Å². The Bertz CT molecular complexity index is 179. The molecule has 0 heterocycles. The van der Waals surface area contributed by atoms with Crippen molar-refractivity contribution in [3.05, 3.63) is 0 Å². The monoisotopic (exact) mass is 295 g/mol. The standard InChI is InChI=1S/C8H17Cl3NO2P/c1-6(2)12(7(3)4)15(13)14-5-8(9,10)11/h6-7,13H,5H2,1-4H3. The Kier molecular flexibility index (Phi) is 7.34. The summed E-state index contributed by atoms with van der Waals surface area (Å²) >= 11 is 16.6. The molecule has 0 rings (SSSR count). The van der Waals surface area contributed by atoms with Gasteiger partial charge in [-0.25, -0.2) is 4.67 Å². The Hall–Kier alpha value is 1.18. The second-order valence-electron chi connectivity index (χ2n) is 3.71. The summed E-state index contributed by atoms with van der Waals surface area (Å²) in [7, 11) is -1.71. The SMILES string of the molecule is CC(C)N(C(C)C)P(O)OCC(Cl)(Cl)Cl. The molecule has 1 unspecified atom stereocenters. The van der Waals surface area contributed by atoms with Crippen molar-refractivity contribution in [2.75, 3.05) is 6.61 Å². The van der Waals surface area contributed by atoms with Crippen molar-refractivity contribution in [1.82, 2.24) is 4.67 Å². The van der Waals surface area contributed by atoms with Gasteiger partial charge in [-0.15, -0.1) is 0 Å². The smallest absolute Gasteiger partial charge is 0.256 e. The summed E-state index contributed by atoms with van der Waals surface area (Å²) in [6, 6.07) is 0.355. The fraction of sp³-hybridized carbons (Fsp3) is 1.00. The zero-order valence-electron chi connectivity index (χ0n) is 9.25. The molecule has 15 heavy (non-hydrogen) atoms. The molecular weight excluding hydrogens is 279 g/mol. The van der Waals surface area contributed by atoms with Crippen molar-refractivity contribution in [2.45, 2.75) is 43.6 Å². The zero-order valence-corrected chi connectivity index (χ0v) is 12.4. The summed E-state index contributed by atoms with van der Waals surface area (Å²) in [5.41, 5.74) is 0. The van der Waals surface area contributed by atoms with Crippen LogP contribution in [0.3, 0.4) is 0 Å². The Balaban J connectivity index is 4.21. The summed E-state index contributed by atoms with van der Waals surface area (Å²) in [5, 5.41) is 0. The molecule has 0 aromatic carbocycles. The number of halogens is 3. The van der Waals surface area contributed by atoms with Gasteiger partial charge in [0.15, 0.2) is 0 Å². The number of nitrogens with zero attached hydrogens (tertiary/aromatic N) is 1. The zero-order chi connectivity index (χ0) is 12.2. The average Bonchev–Trinajstić information content (AvgIpc) is 1.97. The maximum atomic E-state index is 9.81. The van der Waals surface area contributed by atoms with Crippen LogP contribution in [0.2, 0.25) is 0 Å². The molecule has 7 heteroatoms. The molecule has 0 aromatic rings. The van der Waals surface area contributed by atoms with E-state index < -0.39 is 12.3 Å². The quantitative estimate of drug-likeness (QED) is 0.620. The van der Waals surface area contributed by atoms with Crippen molar-refractivity contribution in [1.29, 1.82) is 0 Å². The van der Waals surface area contributed by atoms with Gasteiger partial charge >= 0.3 is 0 Å². The van der Waals surface area contributed by atoms with Crippen molar-refractivity contribution in [3.8, 4) is 0 Å². The molecule has 0 aliphatic heterocycles. The van der Waals surface area contributed by atoms with E-state index in [1.807, 2.05) is 32.4 Å². The maximum Gasteiger partial charge on any atom is 0.256 e. The molecule has 0 saturated carbocycles. The lowest BCUT2D eigenvalue weighted by molar-refractivity contribution is 0.215. The highest BCUT2D eigenvalue weighted by Gasteiger charge is 2.28. The van der Waals surface area contributed by atoms with E-state index in [0.717, 1.165) is 0 Å². The lowest BCUT2D eigenvalue weighted by Crippen LogP contribution is -2.33. The predicted octanol–water partition coefficient (Wildman–Crippen LogP) is 3.71. The molecule has 0 amide bonds. The Labute approximate surface area is 108 Å². The molecule has 0 aliphatic rings. The first-order chi connectivity index (χ1) is 6.65. The first kappa shape index (κ1) is 16.2. The van der Waals surface area contributed by atoms with Crippen LogP contribution in [-0.4, -0.2) is 32.0 Å². The van der Waals surface area contributed by atoms with Crippen molar-refractivity contribution < 1.29 is 9.42 Å². The summed E-state index contributed by atoms with van der Waals surface area (Å²) in [6.45, 7) is 7.79. The van der Waals surface area contributed by atoms with Crippen LogP contribution in [0.15, 0.2) is 0 Å². The topological polar surface area (TPSA) is 32.7 Å². The molecule has 0 bridgehead atoms. The third-order valence-corrected chi connectivity index (χ3v) is 3.61. The highest BCUT2D eigenvalue weighted by molar-refractivity contribution is 7.43.